The molecule has 0 amide bonds. The molecule has 92 valence electrons. The Morgan fingerprint density at radius 1 is 1.13 bits per heavy atom. The first kappa shape index (κ1) is 14.9. The van der Waals surface area contributed by atoms with Crippen molar-refractivity contribution in [3.8, 4) is 0 Å². The van der Waals surface area contributed by atoms with Crippen molar-refractivity contribution < 1.29 is 8.42 Å². The molecular weight excluding hydrogens is 210 g/mol. The largest absolute Gasteiger partial charge is 0.312 e. The highest BCUT2D eigenvalue weighted by atomic mass is 32.2. The molecule has 0 atom stereocenters. The predicted octanol–water partition coefficient (Wildman–Crippen LogP) is 1.98. The summed E-state index contributed by atoms with van der Waals surface area (Å²) in [5.74, 6) is 0.561. The molecule has 0 aliphatic heterocycles. The number of nitrogens with one attached hydrogen (secondary N) is 1. The molecule has 0 unspecified atom stereocenters. The molecule has 0 saturated heterocycles. The Balaban J connectivity index is 3.81. The lowest BCUT2D eigenvalue weighted by atomic mass is 9.95. The van der Waals surface area contributed by atoms with Crippen LogP contribution >= 0.6 is 0 Å². The summed E-state index contributed by atoms with van der Waals surface area (Å²) in [6.45, 7) is 8.97. The van der Waals surface area contributed by atoms with E-state index in [1.54, 1.807) is 6.92 Å². The summed E-state index contributed by atoms with van der Waals surface area (Å²) in [6.07, 6.45) is 2.86. The van der Waals surface area contributed by atoms with Crippen LogP contribution < -0.4 is 5.32 Å². The third-order valence-electron chi connectivity index (χ3n) is 3.18. The van der Waals surface area contributed by atoms with Gasteiger partial charge >= 0.3 is 0 Å². The average Bonchev–Trinajstić information content (AvgIpc) is 2.24. The minimum atomic E-state index is -2.79. The summed E-state index contributed by atoms with van der Waals surface area (Å²) in [6, 6.07) is 0. The van der Waals surface area contributed by atoms with E-state index in [1.807, 2.05) is 0 Å². The molecular formula is C11H25NO2S. The van der Waals surface area contributed by atoms with Crippen LogP contribution in [0.4, 0.5) is 0 Å². The molecule has 0 heterocycles. The molecule has 0 spiro atoms. The van der Waals surface area contributed by atoms with Crippen LogP contribution in [0.25, 0.3) is 0 Å². The lowest BCUT2D eigenvalue weighted by Gasteiger charge is -2.28. The Hall–Kier alpha value is -0.0900. The number of hydrogen-bond donors (Lipinski definition) is 1. The van der Waals surface area contributed by atoms with Crippen LogP contribution in [0.15, 0.2) is 0 Å². The van der Waals surface area contributed by atoms with E-state index in [1.165, 1.54) is 0 Å². The van der Waals surface area contributed by atoms with Crippen LogP contribution in [0.3, 0.4) is 0 Å². The molecule has 15 heavy (non-hydrogen) atoms. The van der Waals surface area contributed by atoms with Gasteiger partial charge in [-0.2, -0.15) is 0 Å². The van der Waals surface area contributed by atoms with Gasteiger partial charge < -0.3 is 5.32 Å². The quantitative estimate of drug-likeness (QED) is 0.654. The van der Waals surface area contributed by atoms with Gasteiger partial charge in [-0.15, -0.1) is 0 Å². The van der Waals surface area contributed by atoms with Crippen LogP contribution in [0.1, 0.15) is 47.0 Å². The highest BCUT2D eigenvalue weighted by Crippen LogP contribution is 2.13. The summed E-state index contributed by atoms with van der Waals surface area (Å²) in [5.41, 5.74) is 0.163. The van der Waals surface area contributed by atoms with E-state index in [4.69, 9.17) is 0 Å². The molecule has 3 nitrogen and oxygen atoms in total. The molecule has 1 N–H and O–H groups in total. The van der Waals surface area contributed by atoms with Gasteiger partial charge in [0.25, 0.3) is 0 Å². The monoisotopic (exact) mass is 235 g/mol. The van der Waals surface area contributed by atoms with Gasteiger partial charge in [0.2, 0.25) is 0 Å². The molecule has 0 aromatic carbocycles. The van der Waals surface area contributed by atoms with Crippen molar-refractivity contribution in [1.82, 2.24) is 5.32 Å². The Kier molecular flexibility index (Phi) is 6.44. The zero-order chi connectivity index (χ0) is 11.9. The van der Waals surface area contributed by atoms with Gasteiger partial charge in [0, 0.05) is 11.3 Å². The fourth-order valence-electron chi connectivity index (χ4n) is 1.33. The van der Waals surface area contributed by atoms with Crippen molar-refractivity contribution in [3.05, 3.63) is 0 Å². The van der Waals surface area contributed by atoms with Crippen molar-refractivity contribution in [2.45, 2.75) is 52.5 Å². The Morgan fingerprint density at radius 3 is 2.07 bits per heavy atom. The van der Waals surface area contributed by atoms with E-state index < -0.39 is 9.84 Å². The zero-order valence-corrected chi connectivity index (χ0v) is 11.3. The van der Waals surface area contributed by atoms with Gasteiger partial charge in [0.05, 0.1) is 5.75 Å². The second-order valence-corrected chi connectivity index (χ2v) is 6.76. The first-order valence-corrected chi connectivity index (χ1v) is 7.66. The van der Waals surface area contributed by atoms with E-state index in [9.17, 15) is 8.42 Å². The van der Waals surface area contributed by atoms with Crippen LogP contribution in [-0.2, 0) is 9.84 Å². The normalized spacial score (nSPS) is 13.1. The van der Waals surface area contributed by atoms with Crippen molar-refractivity contribution >= 4 is 9.84 Å². The molecule has 0 aromatic heterocycles. The van der Waals surface area contributed by atoms with Crippen molar-refractivity contribution in [2.24, 2.45) is 0 Å². The molecule has 0 radical (unpaired) electrons. The van der Waals surface area contributed by atoms with E-state index in [-0.39, 0.29) is 11.3 Å². The Bertz CT molecular complexity index is 256. The minimum absolute atomic E-state index is 0.163. The van der Waals surface area contributed by atoms with E-state index in [0.29, 0.717) is 12.2 Å². The maximum absolute atomic E-state index is 11.2. The van der Waals surface area contributed by atoms with E-state index >= 15 is 0 Å². The maximum Gasteiger partial charge on any atom is 0.150 e. The molecule has 0 aromatic rings. The van der Waals surface area contributed by atoms with Gasteiger partial charge in [-0.05, 0) is 32.7 Å². The summed E-state index contributed by atoms with van der Waals surface area (Å²) < 4.78 is 22.5. The van der Waals surface area contributed by atoms with E-state index in [2.05, 4.69) is 26.1 Å². The van der Waals surface area contributed by atoms with Gasteiger partial charge in [0.15, 0.2) is 0 Å². The first-order chi connectivity index (χ1) is 6.89. The molecule has 0 aliphatic carbocycles. The Morgan fingerprint density at radius 2 is 1.67 bits per heavy atom. The van der Waals surface area contributed by atoms with Crippen LogP contribution in [0.5, 0.6) is 0 Å². The average molecular weight is 235 g/mol. The van der Waals surface area contributed by atoms with Crippen molar-refractivity contribution in [3.63, 3.8) is 0 Å². The molecule has 0 aliphatic rings. The second kappa shape index (κ2) is 6.48. The molecule has 0 fully saturated rings. The summed E-state index contributed by atoms with van der Waals surface area (Å²) in [4.78, 5) is 0. The fraction of sp³-hybridized carbons (Fsp3) is 1.00. The number of hydrogen-bond acceptors (Lipinski definition) is 3. The zero-order valence-electron chi connectivity index (χ0n) is 10.5. The van der Waals surface area contributed by atoms with Crippen LogP contribution in [-0.4, -0.2) is 32.0 Å². The SMILES string of the molecule is CCC(C)(CC)NCCCS(=O)(=O)CC. The molecule has 0 bridgehead atoms. The van der Waals surface area contributed by atoms with Crippen LogP contribution in [0, 0.1) is 0 Å². The summed E-state index contributed by atoms with van der Waals surface area (Å²) in [5, 5.41) is 3.43. The highest BCUT2D eigenvalue weighted by molar-refractivity contribution is 7.91. The summed E-state index contributed by atoms with van der Waals surface area (Å²) >= 11 is 0. The van der Waals surface area contributed by atoms with Crippen LogP contribution in [0.2, 0.25) is 0 Å². The molecule has 0 saturated carbocycles. The topological polar surface area (TPSA) is 46.2 Å². The molecule has 0 rings (SSSR count). The number of sulfone groups is 1. The molecule has 4 heteroatoms. The third kappa shape index (κ3) is 6.15. The predicted molar refractivity (Wildman–Crippen MR) is 65.9 cm³/mol. The smallest absolute Gasteiger partial charge is 0.150 e. The van der Waals surface area contributed by atoms with Crippen molar-refractivity contribution in [2.75, 3.05) is 18.1 Å². The van der Waals surface area contributed by atoms with Crippen molar-refractivity contribution in [1.29, 1.82) is 0 Å². The fourth-order valence-corrected chi connectivity index (χ4v) is 2.20. The minimum Gasteiger partial charge on any atom is -0.312 e. The highest BCUT2D eigenvalue weighted by Gasteiger charge is 2.18. The first-order valence-electron chi connectivity index (χ1n) is 5.84. The van der Waals surface area contributed by atoms with Gasteiger partial charge in [-0.3, -0.25) is 0 Å². The second-order valence-electron chi connectivity index (χ2n) is 4.28. The number of rotatable bonds is 8. The van der Waals surface area contributed by atoms with Gasteiger partial charge in [0.1, 0.15) is 9.84 Å². The van der Waals surface area contributed by atoms with Gasteiger partial charge in [-0.1, -0.05) is 20.8 Å². The summed E-state index contributed by atoms with van der Waals surface area (Å²) in [7, 11) is -2.79. The maximum atomic E-state index is 11.2. The van der Waals surface area contributed by atoms with Gasteiger partial charge in [-0.25, -0.2) is 8.42 Å². The van der Waals surface area contributed by atoms with E-state index in [0.717, 1.165) is 19.4 Å². The lowest BCUT2D eigenvalue weighted by molar-refractivity contribution is 0.333. The standard InChI is InChI=1S/C11H25NO2S/c1-5-11(4,6-2)12-9-8-10-15(13,14)7-3/h12H,5-10H2,1-4H3. The third-order valence-corrected chi connectivity index (χ3v) is 4.97. The Labute approximate surface area is 94.6 Å². The lowest BCUT2D eigenvalue weighted by Crippen LogP contribution is -2.42.